The molecule has 2 atom stereocenters. The predicted molar refractivity (Wildman–Crippen MR) is 157 cm³/mol. The lowest BCUT2D eigenvalue weighted by Crippen LogP contribution is -2.43. The van der Waals surface area contributed by atoms with Crippen LogP contribution >= 0.6 is 23.2 Å². The summed E-state index contributed by atoms with van der Waals surface area (Å²) in [4.78, 5) is 40.5. The molecule has 2 amide bonds. The van der Waals surface area contributed by atoms with Crippen molar-refractivity contribution in [1.82, 2.24) is 35.1 Å². The molecule has 5 aromatic rings. The van der Waals surface area contributed by atoms with Crippen LogP contribution in [0.5, 0.6) is 0 Å². The molecule has 1 aliphatic rings. The number of likely N-dealkylation sites (tertiary alicyclic amines) is 1. The van der Waals surface area contributed by atoms with E-state index in [1.165, 1.54) is 15.8 Å². The quantitative estimate of drug-likeness (QED) is 0.265. The van der Waals surface area contributed by atoms with Gasteiger partial charge in [0.2, 0.25) is 5.91 Å². The van der Waals surface area contributed by atoms with Crippen molar-refractivity contribution in [2.75, 3.05) is 6.54 Å². The van der Waals surface area contributed by atoms with Crippen LogP contribution in [0.2, 0.25) is 10.0 Å². The van der Waals surface area contributed by atoms with Crippen LogP contribution in [0, 0.1) is 0 Å². The van der Waals surface area contributed by atoms with Crippen molar-refractivity contribution in [3.63, 3.8) is 0 Å². The summed E-state index contributed by atoms with van der Waals surface area (Å²) in [6.45, 7) is -0.564. The van der Waals surface area contributed by atoms with Crippen LogP contribution in [-0.4, -0.2) is 71.4 Å². The van der Waals surface area contributed by atoms with Gasteiger partial charge in [-0.15, -0.1) is 0 Å². The molecule has 14 heteroatoms. The number of H-pyrrole nitrogens is 1. The molecule has 11 nitrogen and oxygen atoms in total. The van der Waals surface area contributed by atoms with E-state index in [9.17, 15) is 18.8 Å². The van der Waals surface area contributed by atoms with Gasteiger partial charge in [-0.25, -0.2) is 4.39 Å². The third-order valence-electron chi connectivity index (χ3n) is 7.41. The van der Waals surface area contributed by atoms with E-state index in [4.69, 9.17) is 28.9 Å². The first-order chi connectivity index (χ1) is 20.7. The van der Waals surface area contributed by atoms with E-state index >= 15 is 0 Å². The van der Waals surface area contributed by atoms with Crippen LogP contribution in [0.25, 0.3) is 33.3 Å². The summed E-state index contributed by atoms with van der Waals surface area (Å²) < 4.78 is 16.0. The van der Waals surface area contributed by atoms with Gasteiger partial charge in [0.1, 0.15) is 12.7 Å². The smallest absolute Gasteiger partial charge is 0.269 e. The normalized spacial score (nSPS) is 16.6. The summed E-state index contributed by atoms with van der Waals surface area (Å²) in [5.41, 5.74) is 9.27. The number of carbonyl (C=O) groups is 3. The van der Waals surface area contributed by atoms with Crippen LogP contribution in [-0.2, 0) is 22.6 Å². The number of rotatable bonds is 8. The van der Waals surface area contributed by atoms with E-state index in [0.717, 1.165) is 11.1 Å². The lowest BCUT2D eigenvalue weighted by molar-refractivity contribution is -0.138. The van der Waals surface area contributed by atoms with Crippen molar-refractivity contribution in [2.24, 2.45) is 5.73 Å². The van der Waals surface area contributed by atoms with E-state index in [1.54, 1.807) is 54.9 Å². The van der Waals surface area contributed by atoms with Gasteiger partial charge < -0.3 is 10.6 Å². The Bertz CT molecular complexity index is 1880. The van der Waals surface area contributed by atoms with Gasteiger partial charge >= 0.3 is 0 Å². The minimum atomic E-state index is -1.38. The second kappa shape index (κ2) is 11.5. The Morgan fingerprint density at radius 3 is 2.63 bits per heavy atom. The number of nitrogens with two attached hydrogens (primary N) is 1. The Labute approximate surface area is 253 Å². The number of nitrogens with one attached hydrogen (secondary N) is 1. The number of aromatic amines is 1. The lowest BCUT2D eigenvalue weighted by Gasteiger charge is -2.23. The number of hydrogen-bond donors (Lipinski definition) is 2. The largest absolute Gasteiger partial charge is 0.364 e. The van der Waals surface area contributed by atoms with Gasteiger partial charge in [-0.1, -0.05) is 29.3 Å². The number of carbonyl (C=O) groups excluding carboxylic acids is 3. The first-order valence-corrected chi connectivity index (χ1v) is 14.0. The highest BCUT2D eigenvalue weighted by Gasteiger charge is 2.40. The molecule has 43 heavy (non-hydrogen) atoms. The van der Waals surface area contributed by atoms with Crippen LogP contribution < -0.4 is 5.73 Å². The first-order valence-electron chi connectivity index (χ1n) is 13.2. The second-order valence-electron chi connectivity index (χ2n) is 10.2. The number of Topliss-reactive ketones (excluding diaryl/α,β-unsaturated/α-hetero) is 1. The fourth-order valence-electron chi connectivity index (χ4n) is 5.38. The Morgan fingerprint density at radius 2 is 1.88 bits per heavy atom. The lowest BCUT2D eigenvalue weighted by atomic mass is 9.99. The molecule has 0 aliphatic carbocycles. The number of benzene rings is 2. The highest BCUT2D eigenvalue weighted by molar-refractivity contribution is 6.36. The summed E-state index contributed by atoms with van der Waals surface area (Å²) in [5, 5.41) is 20.1. The van der Waals surface area contributed by atoms with E-state index in [2.05, 4.69) is 25.5 Å². The zero-order valence-electron chi connectivity index (χ0n) is 22.4. The zero-order valence-corrected chi connectivity index (χ0v) is 23.9. The molecule has 0 saturated carbocycles. The Balaban J connectivity index is 1.24. The minimum absolute atomic E-state index is 0.0163. The molecule has 3 aromatic heterocycles. The number of nitrogens with zero attached hydrogens (tertiary/aromatic N) is 6. The maximum absolute atomic E-state index is 14.7. The third kappa shape index (κ3) is 5.58. The Kier molecular flexibility index (Phi) is 7.63. The molecule has 1 aliphatic heterocycles. The summed E-state index contributed by atoms with van der Waals surface area (Å²) in [5.74, 6) is -1.63. The third-order valence-corrected chi connectivity index (χ3v) is 7.96. The SMILES string of the molecule is NC(=O)c1nn(CC(=O)N2C[C@H](F)C[C@H]2C(=O)Cc2cn[nH]c2-c2ccc(Cl)cc2Cl)c2ccc(-c3ccnnc3)cc12. The number of fused-ring (bicyclic) bond motifs is 1. The van der Waals surface area contributed by atoms with Crippen LogP contribution in [0.1, 0.15) is 22.5 Å². The molecule has 218 valence electrons. The van der Waals surface area contributed by atoms with Crippen molar-refractivity contribution >= 4 is 51.7 Å². The topological polar surface area (TPSA) is 153 Å². The van der Waals surface area contributed by atoms with E-state index in [1.807, 2.05) is 0 Å². The number of alkyl halides is 1. The molecular weight excluding hydrogens is 598 g/mol. The molecule has 1 fully saturated rings. The van der Waals surface area contributed by atoms with Gasteiger partial charge in [0.15, 0.2) is 11.5 Å². The van der Waals surface area contributed by atoms with Gasteiger partial charge in [0.25, 0.3) is 5.91 Å². The molecule has 0 unspecified atom stereocenters. The number of hydrogen-bond acceptors (Lipinski definition) is 7. The van der Waals surface area contributed by atoms with Crippen LogP contribution in [0.15, 0.2) is 61.1 Å². The molecule has 0 spiro atoms. The molecule has 1 saturated heterocycles. The van der Waals surface area contributed by atoms with Crippen molar-refractivity contribution < 1.29 is 18.8 Å². The maximum atomic E-state index is 14.7. The van der Waals surface area contributed by atoms with Crippen LogP contribution in [0.3, 0.4) is 0 Å². The monoisotopic (exact) mass is 620 g/mol. The number of ketones is 1. The molecule has 0 radical (unpaired) electrons. The fourth-order valence-corrected chi connectivity index (χ4v) is 5.89. The standard InChI is InChI=1S/C29H23Cl2FN8O3/c30-18-2-3-20(22(31)9-18)27-17(12-36-37-27)8-25(41)24-10-19(32)13-39(24)26(42)14-40-23-4-1-15(16-5-6-34-35-11-16)7-21(23)28(38-40)29(33)43/h1-7,9,11-12,19,24H,8,10,13-14H2,(H2,33,43)(H,36,37)/t19-,24+/m1/s1. The number of amides is 2. The number of aromatic nitrogens is 6. The first kappa shape index (κ1) is 28.4. The highest BCUT2D eigenvalue weighted by atomic mass is 35.5. The highest BCUT2D eigenvalue weighted by Crippen LogP contribution is 2.32. The summed E-state index contributed by atoms with van der Waals surface area (Å²) in [6.07, 6.45) is 3.02. The zero-order chi connectivity index (χ0) is 30.2. The summed E-state index contributed by atoms with van der Waals surface area (Å²) in [6, 6.07) is 11.0. The Morgan fingerprint density at radius 1 is 1.05 bits per heavy atom. The average Bonchev–Trinajstić information content (AvgIpc) is 3.70. The maximum Gasteiger partial charge on any atom is 0.269 e. The molecule has 2 aromatic carbocycles. The minimum Gasteiger partial charge on any atom is -0.364 e. The second-order valence-corrected chi connectivity index (χ2v) is 11.0. The van der Waals surface area contributed by atoms with Gasteiger partial charge in [-0.3, -0.25) is 24.2 Å². The van der Waals surface area contributed by atoms with Gasteiger partial charge in [-0.05, 0) is 42.0 Å². The molecule has 6 rings (SSSR count). The van der Waals surface area contributed by atoms with E-state index < -0.39 is 24.0 Å². The molecule has 0 bridgehead atoms. The molecule has 3 N–H and O–H groups in total. The molecule has 4 heterocycles. The number of primary amides is 1. The predicted octanol–water partition coefficient (Wildman–Crippen LogP) is 4.04. The summed E-state index contributed by atoms with van der Waals surface area (Å²) >= 11 is 12.4. The van der Waals surface area contributed by atoms with E-state index in [0.29, 0.717) is 37.8 Å². The number of halogens is 3. The fraction of sp³-hybridized carbons (Fsp3) is 0.207. The van der Waals surface area contributed by atoms with Gasteiger partial charge in [0, 0.05) is 39.9 Å². The summed E-state index contributed by atoms with van der Waals surface area (Å²) in [7, 11) is 0. The van der Waals surface area contributed by atoms with Crippen molar-refractivity contribution in [3.8, 4) is 22.4 Å². The van der Waals surface area contributed by atoms with E-state index in [-0.39, 0.29) is 37.4 Å². The molecular formula is C29H23Cl2FN8O3. The van der Waals surface area contributed by atoms with Gasteiger partial charge in [0.05, 0.1) is 47.4 Å². The van der Waals surface area contributed by atoms with Gasteiger partial charge in [-0.2, -0.15) is 20.4 Å². The van der Waals surface area contributed by atoms with Crippen molar-refractivity contribution in [1.29, 1.82) is 0 Å². The Hall–Kier alpha value is -4.68. The van der Waals surface area contributed by atoms with Crippen molar-refractivity contribution in [2.45, 2.75) is 31.6 Å². The van der Waals surface area contributed by atoms with Crippen molar-refractivity contribution in [3.05, 3.63) is 82.4 Å². The van der Waals surface area contributed by atoms with Crippen LogP contribution in [0.4, 0.5) is 4.39 Å². The average molecular weight is 621 g/mol.